The van der Waals surface area contributed by atoms with Gasteiger partial charge in [0.15, 0.2) is 0 Å². The molecule has 0 saturated heterocycles. The highest BCUT2D eigenvalue weighted by atomic mass is 32.2. The largest absolute Gasteiger partial charge is 0.481 e. The highest BCUT2D eigenvalue weighted by Gasteiger charge is 2.39. The molecule has 1 saturated carbocycles. The Bertz CT molecular complexity index is 562. The second-order valence-corrected chi connectivity index (χ2v) is 10.6. The van der Waals surface area contributed by atoms with Gasteiger partial charge in [-0.25, -0.2) is 0 Å². The van der Waals surface area contributed by atoms with Gasteiger partial charge in [-0.3, -0.25) is 9.59 Å². The number of allylic oxidation sites excluding steroid dienone is 1. The minimum atomic E-state index is -0.878. The van der Waals surface area contributed by atoms with Crippen LogP contribution in [0.4, 0.5) is 0 Å². The number of carboxylic acids is 2. The number of unbranched alkanes of at least 4 members (excludes halogenated alkanes) is 11. The van der Waals surface area contributed by atoms with Crippen LogP contribution in [0.15, 0.2) is 11.6 Å². The van der Waals surface area contributed by atoms with E-state index in [1.54, 1.807) is 6.92 Å². The molecule has 0 aliphatic heterocycles. The number of carbonyl (C=O) groups is 2. The number of rotatable bonds is 18. The van der Waals surface area contributed by atoms with Gasteiger partial charge in [0.1, 0.15) is 0 Å². The Morgan fingerprint density at radius 3 is 2.09 bits per heavy atom. The van der Waals surface area contributed by atoms with E-state index in [9.17, 15) is 19.8 Å². The van der Waals surface area contributed by atoms with Crippen molar-refractivity contribution >= 4 is 23.7 Å². The first-order valence-corrected chi connectivity index (χ1v) is 13.9. The third kappa shape index (κ3) is 11.7. The van der Waals surface area contributed by atoms with Crippen molar-refractivity contribution in [3.63, 3.8) is 0 Å². The first-order chi connectivity index (χ1) is 15.4. The van der Waals surface area contributed by atoms with Gasteiger partial charge in [-0.05, 0) is 31.6 Å². The number of aliphatic carboxylic acids is 2. The van der Waals surface area contributed by atoms with Crippen LogP contribution in [0.25, 0.3) is 0 Å². The average Bonchev–Trinajstić information content (AvgIpc) is 2.75. The molecule has 1 fully saturated rings. The predicted molar refractivity (Wildman–Crippen MR) is 133 cm³/mol. The third-order valence-corrected chi connectivity index (χ3v) is 8.12. The van der Waals surface area contributed by atoms with E-state index < -0.39 is 24.0 Å². The number of hydrogen-bond acceptors (Lipinski definition) is 4. The van der Waals surface area contributed by atoms with Crippen LogP contribution in [0.5, 0.6) is 0 Å². The summed E-state index contributed by atoms with van der Waals surface area (Å²) in [6.07, 6.45) is 18.4. The lowest BCUT2D eigenvalue weighted by Gasteiger charge is -2.38. The van der Waals surface area contributed by atoms with Crippen molar-refractivity contribution in [2.45, 2.75) is 122 Å². The molecule has 1 aliphatic carbocycles. The molecular formula is C26H46O5S. The summed E-state index contributed by atoms with van der Waals surface area (Å²) in [5.41, 5.74) is 1.17. The lowest BCUT2D eigenvalue weighted by atomic mass is 9.76. The summed E-state index contributed by atoms with van der Waals surface area (Å²) in [7, 11) is 0. The first kappa shape index (κ1) is 29.0. The SMILES string of the molecule is CCCCCCCCCCCCCC=C1CCC(C(C)C(=O)O)C(O)C1SCCC(=O)O. The Labute approximate surface area is 199 Å². The summed E-state index contributed by atoms with van der Waals surface area (Å²) in [5, 5.41) is 29.0. The molecule has 0 radical (unpaired) electrons. The molecular weight excluding hydrogens is 424 g/mol. The van der Waals surface area contributed by atoms with Crippen LogP contribution in [0.2, 0.25) is 0 Å². The molecule has 0 aromatic heterocycles. The van der Waals surface area contributed by atoms with Crippen LogP contribution in [-0.4, -0.2) is 44.4 Å². The summed E-state index contributed by atoms with van der Waals surface area (Å²) in [6, 6.07) is 0. The molecule has 1 rings (SSSR count). The summed E-state index contributed by atoms with van der Waals surface area (Å²) < 4.78 is 0. The van der Waals surface area contributed by atoms with Crippen molar-refractivity contribution in [3.05, 3.63) is 11.6 Å². The van der Waals surface area contributed by atoms with Crippen LogP contribution in [-0.2, 0) is 9.59 Å². The quantitative estimate of drug-likeness (QED) is 0.153. The van der Waals surface area contributed by atoms with Gasteiger partial charge in [-0.15, -0.1) is 0 Å². The van der Waals surface area contributed by atoms with Gasteiger partial charge in [0, 0.05) is 5.75 Å². The van der Waals surface area contributed by atoms with E-state index in [0.717, 1.165) is 19.3 Å². The molecule has 1 aliphatic rings. The maximum absolute atomic E-state index is 11.4. The smallest absolute Gasteiger partial charge is 0.306 e. The van der Waals surface area contributed by atoms with E-state index in [2.05, 4.69) is 13.0 Å². The van der Waals surface area contributed by atoms with Crippen LogP contribution < -0.4 is 0 Å². The average molecular weight is 471 g/mol. The molecule has 4 unspecified atom stereocenters. The second kappa shape index (κ2) is 17.5. The molecule has 5 nitrogen and oxygen atoms in total. The van der Waals surface area contributed by atoms with E-state index in [0.29, 0.717) is 12.2 Å². The number of hydrogen-bond donors (Lipinski definition) is 3. The van der Waals surface area contributed by atoms with Gasteiger partial charge in [-0.2, -0.15) is 11.8 Å². The van der Waals surface area contributed by atoms with Crippen LogP contribution >= 0.6 is 11.8 Å². The van der Waals surface area contributed by atoms with E-state index >= 15 is 0 Å². The Hall–Kier alpha value is -1.01. The van der Waals surface area contributed by atoms with E-state index in [1.165, 1.54) is 81.5 Å². The normalized spacial score (nSPS) is 23.3. The van der Waals surface area contributed by atoms with Crippen LogP contribution in [0.3, 0.4) is 0 Å². The fourth-order valence-electron chi connectivity index (χ4n) is 4.61. The van der Waals surface area contributed by atoms with Gasteiger partial charge < -0.3 is 15.3 Å². The second-order valence-electron chi connectivity index (χ2n) is 9.36. The lowest BCUT2D eigenvalue weighted by molar-refractivity contribution is -0.145. The van der Waals surface area contributed by atoms with E-state index in [-0.39, 0.29) is 17.6 Å². The predicted octanol–water partition coefficient (Wildman–Crippen LogP) is 6.68. The monoisotopic (exact) mass is 470 g/mol. The van der Waals surface area contributed by atoms with Crippen molar-refractivity contribution < 1.29 is 24.9 Å². The van der Waals surface area contributed by atoms with Crippen molar-refractivity contribution in [2.24, 2.45) is 11.8 Å². The molecule has 6 heteroatoms. The Kier molecular flexibility index (Phi) is 15.8. The molecule has 4 atom stereocenters. The van der Waals surface area contributed by atoms with E-state index in [1.807, 2.05) is 0 Å². The summed E-state index contributed by atoms with van der Waals surface area (Å²) in [4.78, 5) is 22.3. The zero-order valence-corrected chi connectivity index (χ0v) is 21.1. The molecule has 0 heterocycles. The summed E-state index contributed by atoms with van der Waals surface area (Å²) in [6.45, 7) is 3.91. The highest BCUT2D eigenvalue weighted by Crippen LogP contribution is 2.40. The van der Waals surface area contributed by atoms with Crippen LogP contribution in [0, 0.1) is 11.8 Å². The first-order valence-electron chi connectivity index (χ1n) is 12.8. The molecule has 0 spiro atoms. The zero-order chi connectivity index (χ0) is 23.8. The number of carboxylic acid groups (broad SMARTS) is 2. The van der Waals surface area contributed by atoms with Crippen LogP contribution in [0.1, 0.15) is 110 Å². The van der Waals surface area contributed by atoms with Gasteiger partial charge in [0.2, 0.25) is 0 Å². The fourth-order valence-corrected chi connectivity index (χ4v) is 5.99. The van der Waals surface area contributed by atoms with Gasteiger partial charge >= 0.3 is 11.9 Å². The molecule has 3 N–H and O–H groups in total. The standard InChI is InChI=1S/C26H46O5S/c1-3-4-5-6-7-8-9-10-11-12-13-14-15-21-16-17-22(20(2)26(30)31)24(29)25(21)32-19-18-23(27)28/h15,20,22,24-25,29H,3-14,16-19H2,1-2H3,(H,27,28)(H,30,31). The van der Waals surface area contributed by atoms with Crippen molar-refractivity contribution in [1.29, 1.82) is 0 Å². The molecule has 0 aromatic carbocycles. The topological polar surface area (TPSA) is 94.8 Å². The van der Waals surface area contributed by atoms with Crippen molar-refractivity contribution in [2.75, 3.05) is 5.75 Å². The molecule has 186 valence electrons. The van der Waals surface area contributed by atoms with E-state index in [4.69, 9.17) is 5.11 Å². The molecule has 0 amide bonds. The fraction of sp³-hybridized carbons (Fsp3) is 0.846. The maximum atomic E-state index is 11.4. The van der Waals surface area contributed by atoms with Gasteiger partial charge in [0.05, 0.1) is 23.7 Å². The minimum Gasteiger partial charge on any atom is -0.481 e. The molecule has 0 bridgehead atoms. The lowest BCUT2D eigenvalue weighted by Crippen LogP contribution is -2.42. The minimum absolute atomic E-state index is 0.0545. The Morgan fingerprint density at radius 1 is 1.00 bits per heavy atom. The molecule has 32 heavy (non-hydrogen) atoms. The van der Waals surface area contributed by atoms with Gasteiger partial charge in [0.25, 0.3) is 0 Å². The highest BCUT2D eigenvalue weighted by molar-refractivity contribution is 8.00. The maximum Gasteiger partial charge on any atom is 0.306 e. The third-order valence-electron chi connectivity index (χ3n) is 6.74. The Balaban J connectivity index is 2.39. The summed E-state index contributed by atoms with van der Waals surface area (Å²) in [5.74, 6) is -2.17. The molecule has 0 aromatic rings. The van der Waals surface area contributed by atoms with Gasteiger partial charge in [-0.1, -0.05) is 89.7 Å². The number of aliphatic hydroxyl groups is 1. The Morgan fingerprint density at radius 2 is 1.56 bits per heavy atom. The summed E-state index contributed by atoms with van der Waals surface area (Å²) >= 11 is 1.47. The number of thioether (sulfide) groups is 1. The zero-order valence-electron chi connectivity index (χ0n) is 20.3. The number of aliphatic hydroxyl groups excluding tert-OH is 1. The van der Waals surface area contributed by atoms with Crippen molar-refractivity contribution in [1.82, 2.24) is 0 Å². The van der Waals surface area contributed by atoms with Crippen molar-refractivity contribution in [3.8, 4) is 0 Å².